The lowest BCUT2D eigenvalue weighted by Gasteiger charge is -2.19. The number of hydrogen-bond acceptors (Lipinski definition) is 3. The Bertz CT molecular complexity index is 536. The minimum atomic E-state index is 0.283. The van der Waals surface area contributed by atoms with Gasteiger partial charge in [-0.3, -0.25) is 0 Å². The van der Waals surface area contributed by atoms with Gasteiger partial charge in [0.2, 0.25) is 0 Å². The summed E-state index contributed by atoms with van der Waals surface area (Å²) in [5.41, 5.74) is 8.90. The molecule has 0 saturated carbocycles. The van der Waals surface area contributed by atoms with E-state index < -0.39 is 0 Å². The van der Waals surface area contributed by atoms with Gasteiger partial charge in [0.15, 0.2) is 0 Å². The molecule has 2 atom stereocenters. The van der Waals surface area contributed by atoms with E-state index >= 15 is 0 Å². The largest absolute Gasteiger partial charge is 0.333 e. The molecular weight excluding hydrogens is 272 g/mol. The van der Waals surface area contributed by atoms with E-state index in [-0.39, 0.29) is 5.16 Å². The Labute approximate surface area is 119 Å². The van der Waals surface area contributed by atoms with Crippen LogP contribution in [-0.4, -0.2) is 28.8 Å². The van der Waals surface area contributed by atoms with Crippen molar-refractivity contribution in [2.75, 3.05) is 13.7 Å². The molecule has 0 fully saturated rings. The molecule has 1 aromatic heterocycles. The molecule has 1 heterocycles. The number of nitrogens with zero attached hydrogens (tertiary/aromatic N) is 2. The van der Waals surface area contributed by atoms with E-state index in [0.29, 0.717) is 17.2 Å². The van der Waals surface area contributed by atoms with Gasteiger partial charge in [-0.15, -0.1) is 0 Å². The molecule has 2 aromatic rings. The van der Waals surface area contributed by atoms with Crippen LogP contribution >= 0.6 is 17.2 Å². The molecule has 2 rings (SSSR count). The van der Waals surface area contributed by atoms with Crippen LogP contribution in [0, 0.1) is 0 Å². The molecule has 0 spiro atoms. The molecule has 2 unspecified atom stereocenters. The molecule has 19 heavy (non-hydrogen) atoms. The fraction of sp³-hybridized carbons (Fsp3) is 0.429. The monoisotopic (exact) mass is 295 g/mol. The second-order valence-electron chi connectivity index (χ2n) is 5.03. The number of fused-ring (bicyclic) bond motifs is 1. The number of benzene rings is 1. The lowest BCUT2D eigenvalue weighted by atomic mass is 10.3. The van der Waals surface area contributed by atoms with Crippen molar-refractivity contribution in [2.45, 2.75) is 25.9 Å². The lowest BCUT2D eigenvalue weighted by molar-refractivity contribution is 0.798. The van der Waals surface area contributed by atoms with Crippen molar-refractivity contribution in [1.29, 1.82) is 0 Å². The average molecular weight is 295 g/mol. The lowest BCUT2D eigenvalue weighted by Crippen LogP contribution is -2.27. The summed E-state index contributed by atoms with van der Waals surface area (Å²) in [4.78, 5) is 9.52. The first-order valence-electron chi connectivity index (χ1n) is 6.30. The summed E-state index contributed by atoms with van der Waals surface area (Å²) in [5.74, 6) is 0. The first-order chi connectivity index (χ1) is 8.99. The SMILES string of the molecule is CN.CPc1nc2ccccc2nc1PC(C)(C)C. The number of hydrogen-bond donors (Lipinski definition) is 1. The Morgan fingerprint density at radius 1 is 0.947 bits per heavy atom. The predicted octanol–water partition coefficient (Wildman–Crippen LogP) is 2.24. The first kappa shape index (κ1) is 16.4. The summed E-state index contributed by atoms with van der Waals surface area (Å²) < 4.78 is 0. The number of rotatable bonds is 2. The van der Waals surface area contributed by atoms with Gasteiger partial charge in [-0.25, -0.2) is 9.97 Å². The van der Waals surface area contributed by atoms with Crippen LogP contribution in [0.4, 0.5) is 0 Å². The topological polar surface area (TPSA) is 51.8 Å². The van der Waals surface area contributed by atoms with Crippen LogP contribution in [-0.2, 0) is 0 Å². The quantitative estimate of drug-likeness (QED) is 0.865. The number of aromatic nitrogens is 2. The van der Waals surface area contributed by atoms with Gasteiger partial charge < -0.3 is 5.73 Å². The first-order valence-corrected chi connectivity index (χ1v) is 8.80. The Morgan fingerprint density at radius 2 is 1.42 bits per heavy atom. The van der Waals surface area contributed by atoms with Gasteiger partial charge in [-0.05, 0) is 31.0 Å². The smallest absolute Gasteiger partial charge is 0.0894 e. The Morgan fingerprint density at radius 3 is 1.84 bits per heavy atom. The van der Waals surface area contributed by atoms with Crippen LogP contribution in [0.25, 0.3) is 11.0 Å². The highest BCUT2D eigenvalue weighted by Gasteiger charge is 2.16. The zero-order chi connectivity index (χ0) is 14.5. The van der Waals surface area contributed by atoms with Crippen molar-refractivity contribution >= 4 is 39.1 Å². The van der Waals surface area contributed by atoms with E-state index in [0.717, 1.165) is 11.0 Å². The standard InChI is InChI=1S/C13H18N2P2.CH5N/c1-13(2,3)17-12-11(16-4)14-9-7-5-6-8-10(9)15-12;1-2/h5-8,16-17H,1-4H3;2H2,1H3. The zero-order valence-corrected chi connectivity index (χ0v) is 14.3. The molecule has 0 amide bonds. The van der Waals surface area contributed by atoms with Crippen LogP contribution < -0.4 is 16.6 Å². The predicted molar refractivity (Wildman–Crippen MR) is 91.2 cm³/mol. The van der Waals surface area contributed by atoms with Gasteiger partial charge >= 0.3 is 0 Å². The second kappa shape index (κ2) is 7.24. The molecule has 5 heteroatoms. The molecule has 0 saturated heterocycles. The third-order valence-electron chi connectivity index (χ3n) is 2.30. The fourth-order valence-corrected chi connectivity index (χ4v) is 3.77. The highest BCUT2D eigenvalue weighted by atomic mass is 31.1. The van der Waals surface area contributed by atoms with Gasteiger partial charge in [0, 0.05) is 0 Å². The van der Waals surface area contributed by atoms with Gasteiger partial charge in [0.25, 0.3) is 0 Å². The molecule has 0 aliphatic carbocycles. The summed E-state index contributed by atoms with van der Waals surface area (Å²) in [6, 6.07) is 8.12. The maximum Gasteiger partial charge on any atom is 0.0894 e. The van der Waals surface area contributed by atoms with E-state index in [4.69, 9.17) is 9.97 Å². The highest BCUT2D eigenvalue weighted by Crippen LogP contribution is 2.29. The van der Waals surface area contributed by atoms with Crippen LogP contribution in [0.3, 0.4) is 0 Å². The van der Waals surface area contributed by atoms with Gasteiger partial charge in [0.05, 0.1) is 21.9 Å². The Hall–Kier alpha value is -0.620. The van der Waals surface area contributed by atoms with Crippen LogP contribution in [0.15, 0.2) is 24.3 Å². The molecule has 1 aromatic carbocycles. The zero-order valence-electron chi connectivity index (χ0n) is 12.3. The maximum atomic E-state index is 4.79. The minimum Gasteiger partial charge on any atom is -0.333 e. The van der Waals surface area contributed by atoms with Gasteiger partial charge in [0.1, 0.15) is 0 Å². The van der Waals surface area contributed by atoms with Crippen molar-refractivity contribution in [2.24, 2.45) is 5.73 Å². The molecule has 0 bridgehead atoms. The highest BCUT2D eigenvalue weighted by molar-refractivity contribution is 7.54. The summed E-state index contributed by atoms with van der Waals surface area (Å²) >= 11 is 0. The Kier molecular flexibility index (Phi) is 6.26. The van der Waals surface area contributed by atoms with Crippen molar-refractivity contribution in [3.05, 3.63) is 24.3 Å². The van der Waals surface area contributed by atoms with Crippen molar-refractivity contribution in [3.63, 3.8) is 0 Å². The molecule has 3 nitrogen and oxygen atoms in total. The fourth-order valence-electron chi connectivity index (χ4n) is 1.62. The maximum absolute atomic E-state index is 4.79. The van der Waals surface area contributed by atoms with E-state index in [1.807, 2.05) is 24.3 Å². The van der Waals surface area contributed by atoms with E-state index in [1.54, 1.807) is 0 Å². The molecule has 0 aliphatic heterocycles. The molecule has 104 valence electrons. The van der Waals surface area contributed by atoms with Crippen molar-refractivity contribution < 1.29 is 0 Å². The number of para-hydroxylation sites is 2. The molecular formula is C14H23N3P2. The van der Waals surface area contributed by atoms with Gasteiger partial charge in [-0.2, -0.15) is 0 Å². The van der Waals surface area contributed by atoms with Crippen molar-refractivity contribution in [1.82, 2.24) is 9.97 Å². The van der Waals surface area contributed by atoms with E-state index in [2.05, 4.69) is 33.2 Å². The van der Waals surface area contributed by atoms with Crippen LogP contribution in [0.1, 0.15) is 20.8 Å². The second-order valence-corrected chi connectivity index (χ2v) is 8.23. The summed E-state index contributed by atoms with van der Waals surface area (Å²) in [6.07, 6.45) is 0. The molecule has 2 N–H and O–H groups in total. The van der Waals surface area contributed by atoms with Gasteiger partial charge in [-0.1, -0.05) is 50.1 Å². The van der Waals surface area contributed by atoms with Crippen LogP contribution in [0.2, 0.25) is 0 Å². The third-order valence-corrected chi connectivity index (χ3v) is 4.71. The summed E-state index contributed by atoms with van der Waals surface area (Å²) in [6.45, 7) is 8.94. The number of nitrogens with two attached hydrogens (primary N) is 1. The molecule has 0 radical (unpaired) electrons. The van der Waals surface area contributed by atoms with E-state index in [1.165, 1.54) is 17.9 Å². The Balaban J connectivity index is 0.000000861. The summed E-state index contributed by atoms with van der Waals surface area (Å²) in [7, 11) is 2.93. The average Bonchev–Trinajstić information content (AvgIpc) is 2.38. The normalized spacial score (nSPS) is 12.3. The third kappa shape index (κ3) is 4.76. The van der Waals surface area contributed by atoms with E-state index in [9.17, 15) is 0 Å². The minimum absolute atomic E-state index is 0.283. The van der Waals surface area contributed by atoms with Crippen LogP contribution in [0.5, 0.6) is 0 Å². The summed E-state index contributed by atoms with van der Waals surface area (Å²) in [5, 5.41) is 0.283. The molecule has 0 aliphatic rings. The van der Waals surface area contributed by atoms with Crippen molar-refractivity contribution in [3.8, 4) is 0 Å².